The standard InChI is InChI=1S/C28H24FNO4/c29-26-14-12-19(17-20(26)13-15-27(31)32)7-5-6-16-30-28(33)34-18-25-23-10-3-1-8-21(23)22-9-2-4-11-24(22)25/h1-5,7-15,17,25H,6,16,18H2,(H,30,33)(H,31,32)/b7-5?,15-13+. The molecule has 172 valence electrons. The minimum atomic E-state index is -1.14. The molecule has 1 amide bonds. The van der Waals surface area contributed by atoms with Gasteiger partial charge in [0.2, 0.25) is 0 Å². The van der Waals surface area contributed by atoms with E-state index >= 15 is 0 Å². The summed E-state index contributed by atoms with van der Waals surface area (Å²) in [7, 11) is 0. The number of nitrogens with one attached hydrogen (secondary N) is 1. The highest BCUT2D eigenvalue weighted by molar-refractivity contribution is 5.85. The second kappa shape index (κ2) is 10.6. The average molecular weight is 458 g/mol. The molecule has 0 aliphatic heterocycles. The molecule has 4 rings (SSSR count). The van der Waals surface area contributed by atoms with Crippen molar-refractivity contribution in [3.05, 3.63) is 107 Å². The van der Waals surface area contributed by atoms with Crippen LogP contribution < -0.4 is 5.32 Å². The summed E-state index contributed by atoms with van der Waals surface area (Å²) in [6.07, 6.45) is 5.83. The van der Waals surface area contributed by atoms with Gasteiger partial charge in [0.15, 0.2) is 0 Å². The second-order valence-electron chi connectivity index (χ2n) is 7.90. The second-order valence-corrected chi connectivity index (χ2v) is 7.90. The highest BCUT2D eigenvalue weighted by atomic mass is 19.1. The number of carbonyl (C=O) groups is 2. The Morgan fingerprint density at radius 3 is 2.32 bits per heavy atom. The molecule has 0 saturated heterocycles. The molecule has 3 aromatic rings. The third kappa shape index (κ3) is 5.41. The number of halogens is 1. The van der Waals surface area contributed by atoms with Crippen LogP contribution in [0.2, 0.25) is 0 Å². The number of fused-ring (bicyclic) bond motifs is 3. The van der Waals surface area contributed by atoms with Gasteiger partial charge in [-0.25, -0.2) is 14.0 Å². The lowest BCUT2D eigenvalue weighted by Gasteiger charge is -2.14. The molecule has 5 nitrogen and oxygen atoms in total. The summed E-state index contributed by atoms with van der Waals surface area (Å²) in [6, 6.07) is 20.8. The SMILES string of the molecule is O=C(O)/C=C/c1cc(C=CCCNC(=O)OCC2c3ccccc3-c3ccccc32)ccc1F. The lowest BCUT2D eigenvalue weighted by molar-refractivity contribution is -0.131. The first-order valence-electron chi connectivity index (χ1n) is 11.0. The van der Waals surface area contributed by atoms with Gasteiger partial charge in [0.1, 0.15) is 12.4 Å². The fourth-order valence-electron chi connectivity index (χ4n) is 4.08. The maximum atomic E-state index is 13.8. The van der Waals surface area contributed by atoms with Crippen LogP contribution in [-0.2, 0) is 9.53 Å². The highest BCUT2D eigenvalue weighted by Crippen LogP contribution is 2.44. The van der Waals surface area contributed by atoms with Crippen LogP contribution in [0, 0.1) is 5.82 Å². The van der Waals surface area contributed by atoms with Crippen LogP contribution in [-0.4, -0.2) is 30.3 Å². The highest BCUT2D eigenvalue weighted by Gasteiger charge is 2.28. The van der Waals surface area contributed by atoms with Gasteiger partial charge in [0.25, 0.3) is 0 Å². The largest absolute Gasteiger partial charge is 0.478 e. The van der Waals surface area contributed by atoms with E-state index in [4.69, 9.17) is 9.84 Å². The number of rotatable bonds is 8. The predicted octanol–water partition coefficient (Wildman–Crippen LogP) is 5.87. The van der Waals surface area contributed by atoms with Crippen molar-refractivity contribution in [2.24, 2.45) is 0 Å². The number of carboxylic acid groups (broad SMARTS) is 1. The number of carbonyl (C=O) groups excluding carboxylic acids is 1. The van der Waals surface area contributed by atoms with Gasteiger partial charge in [0, 0.05) is 24.1 Å². The quantitative estimate of drug-likeness (QED) is 0.328. The van der Waals surface area contributed by atoms with Crippen molar-refractivity contribution in [2.45, 2.75) is 12.3 Å². The van der Waals surface area contributed by atoms with E-state index in [9.17, 15) is 14.0 Å². The molecule has 0 fully saturated rings. The third-order valence-corrected chi connectivity index (χ3v) is 5.66. The molecule has 0 radical (unpaired) electrons. The van der Waals surface area contributed by atoms with Crippen molar-refractivity contribution < 1.29 is 23.8 Å². The monoisotopic (exact) mass is 457 g/mol. The molecule has 0 aromatic heterocycles. The molecule has 0 unspecified atom stereocenters. The van der Waals surface area contributed by atoms with E-state index in [0.717, 1.165) is 22.8 Å². The van der Waals surface area contributed by atoms with Gasteiger partial charge < -0.3 is 15.2 Å². The van der Waals surface area contributed by atoms with Crippen molar-refractivity contribution in [2.75, 3.05) is 13.2 Å². The minimum absolute atomic E-state index is 0.0147. The summed E-state index contributed by atoms with van der Waals surface area (Å²) in [5.41, 5.74) is 5.61. The first-order chi connectivity index (χ1) is 16.5. The van der Waals surface area contributed by atoms with E-state index in [1.165, 1.54) is 23.3 Å². The number of benzene rings is 3. The number of hydrogen-bond donors (Lipinski definition) is 2. The van der Waals surface area contributed by atoms with Crippen LogP contribution in [0.25, 0.3) is 23.3 Å². The van der Waals surface area contributed by atoms with Crippen molar-refractivity contribution in [3.8, 4) is 11.1 Å². The van der Waals surface area contributed by atoms with Crippen molar-refractivity contribution in [1.82, 2.24) is 5.32 Å². The number of amides is 1. The number of ether oxygens (including phenoxy) is 1. The van der Waals surface area contributed by atoms with Gasteiger partial charge in [-0.15, -0.1) is 0 Å². The number of alkyl carbamates (subject to hydrolysis) is 1. The molecule has 1 aliphatic rings. The van der Waals surface area contributed by atoms with Crippen LogP contribution >= 0.6 is 0 Å². The van der Waals surface area contributed by atoms with E-state index in [1.54, 1.807) is 18.2 Å². The van der Waals surface area contributed by atoms with Gasteiger partial charge in [-0.05, 0) is 52.4 Å². The lowest BCUT2D eigenvalue weighted by atomic mass is 9.98. The molecule has 0 saturated carbocycles. The minimum Gasteiger partial charge on any atom is -0.478 e. The van der Waals surface area contributed by atoms with E-state index in [1.807, 2.05) is 30.3 Å². The molecular weight excluding hydrogens is 433 g/mol. The van der Waals surface area contributed by atoms with Crippen LogP contribution in [0.1, 0.15) is 34.6 Å². The number of aliphatic carboxylic acids is 1. The smallest absolute Gasteiger partial charge is 0.407 e. The zero-order valence-electron chi connectivity index (χ0n) is 18.4. The molecule has 3 aromatic carbocycles. The molecule has 2 N–H and O–H groups in total. The molecule has 6 heteroatoms. The first kappa shape index (κ1) is 23.0. The van der Waals surface area contributed by atoms with Crippen molar-refractivity contribution in [3.63, 3.8) is 0 Å². The van der Waals surface area contributed by atoms with E-state index in [-0.39, 0.29) is 18.1 Å². The summed E-state index contributed by atoms with van der Waals surface area (Å²) in [5.74, 6) is -1.62. The van der Waals surface area contributed by atoms with Crippen LogP contribution in [0.3, 0.4) is 0 Å². The molecule has 1 aliphatic carbocycles. The fraction of sp³-hybridized carbons (Fsp3) is 0.143. The Hall–Kier alpha value is -4.19. The summed E-state index contributed by atoms with van der Waals surface area (Å²) < 4.78 is 19.3. The molecule has 0 heterocycles. The number of carboxylic acids is 1. The number of hydrogen-bond acceptors (Lipinski definition) is 3. The summed E-state index contributed by atoms with van der Waals surface area (Å²) in [6.45, 7) is 0.651. The average Bonchev–Trinajstić information content (AvgIpc) is 3.16. The molecule has 0 atom stereocenters. The molecule has 0 bridgehead atoms. The summed E-state index contributed by atoms with van der Waals surface area (Å²) in [5, 5.41) is 11.4. The van der Waals surface area contributed by atoms with Gasteiger partial charge in [-0.3, -0.25) is 0 Å². The normalized spacial score (nSPS) is 12.6. The Kier molecular flexibility index (Phi) is 7.18. The molecule has 34 heavy (non-hydrogen) atoms. The Morgan fingerprint density at radius 1 is 0.971 bits per heavy atom. The third-order valence-electron chi connectivity index (χ3n) is 5.66. The topological polar surface area (TPSA) is 75.6 Å². The maximum Gasteiger partial charge on any atom is 0.407 e. The predicted molar refractivity (Wildman–Crippen MR) is 130 cm³/mol. The van der Waals surface area contributed by atoms with Crippen molar-refractivity contribution in [1.29, 1.82) is 0 Å². The van der Waals surface area contributed by atoms with Gasteiger partial charge in [-0.1, -0.05) is 66.7 Å². The summed E-state index contributed by atoms with van der Waals surface area (Å²) >= 11 is 0. The lowest BCUT2D eigenvalue weighted by Crippen LogP contribution is -2.26. The first-order valence-corrected chi connectivity index (χ1v) is 11.0. The van der Waals surface area contributed by atoms with E-state index < -0.39 is 17.9 Å². The van der Waals surface area contributed by atoms with Crippen LogP contribution in [0.5, 0.6) is 0 Å². The Bertz CT molecular complexity index is 1220. The molecule has 0 spiro atoms. The van der Waals surface area contributed by atoms with Gasteiger partial charge >= 0.3 is 12.1 Å². The zero-order chi connectivity index (χ0) is 23.9. The summed E-state index contributed by atoms with van der Waals surface area (Å²) in [4.78, 5) is 22.8. The Labute approximate surface area is 197 Å². The molecular formula is C28H24FNO4. The van der Waals surface area contributed by atoms with Gasteiger partial charge in [0.05, 0.1) is 0 Å². The Balaban J connectivity index is 1.26. The zero-order valence-corrected chi connectivity index (χ0v) is 18.4. The van der Waals surface area contributed by atoms with Crippen LogP contribution in [0.4, 0.5) is 9.18 Å². The van der Waals surface area contributed by atoms with E-state index in [0.29, 0.717) is 13.0 Å². The van der Waals surface area contributed by atoms with Gasteiger partial charge in [-0.2, -0.15) is 0 Å². The van der Waals surface area contributed by atoms with E-state index in [2.05, 4.69) is 29.6 Å². The maximum absolute atomic E-state index is 13.8. The Morgan fingerprint density at radius 2 is 1.65 bits per heavy atom. The van der Waals surface area contributed by atoms with Crippen molar-refractivity contribution >= 4 is 24.2 Å². The fourth-order valence-corrected chi connectivity index (χ4v) is 4.08. The van der Waals surface area contributed by atoms with Crippen LogP contribution in [0.15, 0.2) is 78.9 Å².